The molecule has 3 heteroatoms. The minimum Gasteiger partial charge on any atom is -0.468 e. The Balaban J connectivity index is 1.45. The van der Waals surface area contributed by atoms with Crippen LogP contribution in [0.4, 0.5) is 11.4 Å². The van der Waals surface area contributed by atoms with Crippen LogP contribution in [0, 0.1) is 0 Å². The lowest BCUT2D eigenvalue weighted by Gasteiger charge is -2.30. The number of para-hydroxylation sites is 1. The van der Waals surface area contributed by atoms with Crippen LogP contribution in [0.15, 0.2) is 127 Å². The minimum absolute atomic E-state index is 0.318. The van der Waals surface area contributed by atoms with E-state index in [0.717, 1.165) is 35.3 Å². The van der Waals surface area contributed by atoms with Gasteiger partial charge in [0.25, 0.3) is 0 Å². The molecule has 3 nitrogen and oxygen atoms in total. The third kappa shape index (κ3) is 4.80. The average molecular weight is 446 g/mol. The molecule has 0 radical (unpaired) electrons. The molecule has 4 aromatic carbocycles. The molecule has 0 bridgehead atoms. The van der Waals surface area contributed by atoms with Gasteiger partial charge in [-0.2, -0.15) is 0 Å². The summed E-state index contributed by atoms with van der Waals surface area (Å²) in [6.07, 6.45) is 6.50. The van der Waals surface area contributed by atoms with Gasteiger partial charge in [0.15, 0.2) is 6.79 Å². The molecule has 1 N–H and O–H groups in total. The lowest BCUT2D eigenvalue weighted by Crippen LogP contribution is -2.17. The predicted octanol–water partition coefficient (Wildman–Crippen LogP) is 7.58. The first-order chi connectivity index (χ1) is 16.8. The van der Waals surface area contributed by atoms with E-state index in [1.54, 1.807) is 0 Å². The van der Waals surface area contributed by atoms with E-state index >= 15 is 0 Å². The van der Waals surface area contributed by atoms with E-state index in [1.807, 2.05) is 24.3 Å². The fourth-order valence-electron chi connectivity index (χ4n) is 4.38. The normalized spacial score (nSPS) is 13.1. The van der Waals surface area contributed by atoms with Gasteiger partial charge in [-0.3, -0.25) is 0 Å². The number of anilines is 2. The van der Waals surface area contributed by atoms with Crippen molar-refractivity contribution in [2.24, 2.45) is 0 Å². The molecule has 0 saturated heterocycles. The van der Waals surface area contributed by atoms with E-state index in [1.165, 1.54) is 16.8 Å². The molecule has 0 aromatic heterocycles. The molecule has 0 atom stereocenters. The molecule has 0 heterocycles. The largest absolute Gasteiger partial charge is 0.468 e. The van der Waals surface area contributed by atoms with Crippen molar-refractivity contribution in [2.75, 3.05) is 11.7 Å². The summed E-state index contributed by atoms with van der Waals surface area (Å²) in [6.45, 7) is -0.318. The van der Waals surface area contributed by atoms with Crippen LogP contribution >= 0.6 is 0 Å². The topological polar surface area (TPSA) is 32.7 Å². The third-order valence-corrected chi connectivity index (χ3v) is 6.12. The highest BCUT2D eigenvalue weighted by Crippen LogP contribution is 2.37. The highest BCUT2D eigenvalue weighted by atomic mass is 16.6. The van der Waals surface area contributed by atoms with Crippen LogP contribution in [0.3, 0.4) is 0 Å². The summed E-state index contributed by atoms with van der Waals surface area (Å²) < 4.78 is 5.14. The lowest BCUT2D eigenvalue weighted by atomic mass is 9.95. The summed E-state index contributed by atoms with van der Waals surface area (Å²) in [5.74, 6) is 0.658. The molecule has 34 heavy (non-hydrogen) atoms. The van der Waals surface area contributed by atoms with Crippen molar-refractivity contribution in [3.8, 4) is 16.9 Å². The van der Waals surface area contributed by atoms with Gasteiger partial charge in [0, 0.05) is 17.1 Å². The van der Waals surface area contributed by atoms with Crippen LogP contribution < -0.4 is 9.64 Å². The first-order valence-corrected chi connectivity index (χ1v) is 11.6. The Morgan fingerprint density at radius 3 is 1.76 bits per heavy atom. The van der Waals surface area contributed by atoms with E-state index in [-0.39, 0.29) is 6.79 Å². The first-order valence-electron chi connectivity index (χ1n) is 11.6. The number of ether oxygens (including phenoxy) is 1. The Kier molecular flexibility index (Phi) is 6.55. The number of aliphatic hydroxyl groups excluding tert-OH is 1. The minimum atomic E-state index is -0.318. The van der Waals surface area contributed by atoms with Crippen molar-refractivity contribution in [3.05, 3.63) is 133 Å². The molecule has 0 spiro atoms. The monoisotopic (exact) mass is 445 g/mol. The molecular formula is C31H27NO2. The van der Waals surface area contributed by atoms with Crippen molar-refractivity contribution < 1.29 is 9.84 Å². The van der Waals surface area contributed by atoms with Gasteiger partial charge in [0.05, 0.1) is 0 Å². The van der Waals surface area contributed by atoms with Crippen LogP contribution in [0.25, 0.3) is 16.7 Å². The number of rotatable bonds is 7. The van der Waals surface area contributed by atoms with Gasteiger partial charge in [-0.1, -0.05) is 78.9 Å². The molecular weight excluding hydrogens is 418 g/mol. The quantitative estimate of drug-likeness (QED) is 0.298. The number of aliphatic hydroxyl groups is 1. The second-order valence-electron chi connectivity index (χ2n) is 8.23. The van der Waals surface area contributed by atoms with E-state index in [4.69, 9.17) is 9.84 Å². The zero-order valence-corrected chi connectivity index (χ0v) is 19.0. The van der Waals surface area contributed by atoms with Gasteiger partial charge in [0.1, 0.15) is 5.75 Å². The molecule has 0 saturated carbocycles. The van der Waals surface area contributed by atoms with Crippen molar-refractivity contribution in [2.45, 2.75) is 12.8 Å². The fourth-order valence-corrected chi connectivity index (χ4v) is 4.38. The number of nitrogens with zero attached hydrogens (tertiary/aromatic N) is 1. The zero-order chi connectivity index (χ0) is 23.2. The van der Waals surface area contributed by atoms with Crippen LogP contribution in [-0.4, -0.2) is 11.9 Å². The molecule has 0 fully saturated rings. The first kappa shape index (κ1) is 21.7. The molecule has 0 aliphatic heterocycles. The van der Waals surface area contributed by atoms with Gasteiger partial charge in [-0.05, 0) is 77.6 Å². The fraction of sp³-hybridized carbons (Fsp3) is 0.0968. The van der Waals surface area contributed by atoms with Crippen LogP contribution in [0.2, 0.25) is 0 Å². The van der Waals surface area contributed by atoms with Crippen LogP contribution in [0.1, 0.15) is 18.4 Å². The summed E-state index contributed by atoms with van der Waals surface area (Å²) >= 11 is 0. The lowest BCUT2D eigenvalue weighted by molar-refractivity contribution is 0.0985. The molecule has 4 aromatic rings. The molecule has 0 amide bonds. The summed E-state index contributed by atoms with van der Waals surface area (Å²) in [6, 6.07) is 37.6. The number of benzene rings is 4. The van der Waals surface area contributed by atoms with E-state index in [2.05, 4.69) is 102 Å². The van der Waals surface area contributed by atoms with Crippen LogP contribution in [-0.2, 0) is 0 Å². The van der Waals surface area contributed by atoms with E-state index in [9.17, 15) is 0 Å². The maximum Gasteiger partial charge on any atom is 0.186 e. The third-order valence-electron chi connectivity index (χ3n) is 6.12. The van der Waals surface area contributed by atoms with Crippen molar-refractivity contribution >= 4 is 16.9 Å². The van der Waals surface area contributed by atoms with Gasteiger partial charge < -0.3 is 14.7 Å². The van der Waals surface area contributed by atoms with Crippen molar-refractivity contribution in [1.82, 2.24) is 0 Å². The van der Waals surface area contributed by atoms with Crippen molar-refractivity contribution in [3.63, 3.8) is 0 Å². The Morgan fingerprint density at radius 1 is 0.588 bits per heavy atom. The van der Waals surface area contributed by atoms with Crippen molar-refractivity contribution in [1.29, 1.82) is 0 Å². The molecule has 1 aliphatic carbocycles. The summed E-state index contributed by atoms with van der Waals surface area (Å²) in [7, 11) is 0. The smallest absolute Gasteiger partial charge is 0.186 e. The Labute approximate surface area is 200 Å². The molecule has 168 valence electrons. The highest BCUT2D eigenvalue weighted by Gasteiger charge is 2.18. The van der Waals surface area contributed by atoms with Gasteiger partial charge >= 0.3 is 0 Å². The Hall–Kier alpha value is -4.08. The second kappa shape index (κ2) is 10.2. The van der Waals surface area contributed by atoms with Crippen LogP contribution in [0.5, 0.6) is 5.75 Å². The summed E-state index contributed by atoms with van der Waals surface area (Å²) in [5, 5.41) is 8.93. The maximum absolute atomic E-state index is 8.93. The van der Waals surface area contributed by atoms with Gasteiger partial charge in [0.2, 0.25) is 0 Å². The summed E-state index contributed by atoms with van der Waals surface area (Å²) in [5.41, 5.74) is 8.49. The zero-order valence-electron chi connectivity index (χ0n) is 19.0. The van der Waals surface area contributed by atoms with Gasteiger partial charge in [-0.25, -0.2) is 0 Å². The maximum atomic E-state index is 8.93. The standard InChI is InChI=1S/C31H27NO2/c33-23-34-31-21-15-27(16-22-31)26-13-19-30(20-14-26)32(28-9-5-2-6-10-28)29-17-11-25(12-18-29)24-7-3-1-4-8-24/h1-11,13-17,19-22,33H,12,18,23H2. The average Bonchev–Trinajstić information content (AvgIpc) is 2.92. The second-order valence-corrected chi connectivity index (χ2v) is 8.23. The highest BCUT2D eigenvalue weighted by molar-refractivity contribution is 5.75. The Bertz CT molecular complexity index is 1280. The summed E-state index contributed by atoms with van der Waals surface area (Å²) in [4.78, 5) is 2.35. The molecule has 0 unspecified atom stereocenters. The number of hydrogen-bond acceptors (Lipinski definition) is 3. The molecule has 5 rings (SSSR count). The molecule has 1 aliphatic rings. The number of hydrogen-bond donors (Lipinski definition) is 1. The predicted molar refractivity (Wildman–Crippen MR) is 140 cm³/mol. The number of allylic oxidation sites excluding steroid dienone is 4. The SMILES string of the molecule is OCOc1ccc(-c2ccc(N(C3=CC=C(c4ccccc4)CC3)c3ccccc3)cc2)cc1. The van der Waals surface area contributed by atoms with E-state index in [0.29, 0.717) is 5.75 Å². The van der Waals surface area contributed by atoms with Gasteiger partial charge in [-0.15, -0.1) is 0 Å². The Morgan fingerprint density at radius 2 is 1.18 bits per heavy atom. The van der Waals surface area contributed by atoms with E-state index < -0.39 is 0 Å².